The SMILES string of the molecule is O=S(=O)(O)O.[CH2-]C=C(N)CCCCC.[Na+]. The van der Waals surface area contributed by atoms with Gasteiger partial charge in [-0.25, -0.2) is 13.0 Å². The molecule has 4 N–H and O–H groups in total. The van der Waals surface area contributed by atoms with Crippen LogP contribution in [0.2, 0.25) is 0 Å². The molecule has 0 aromatic rings. The van der Waals surface area contributed by atoms with E-state index in [1.54, 1.807) is 6.08 Å². The van der Waals surface area contributed by atoms with Crippen LogP contribution in [0, 0.1) is 6.92 Å². The minimum absolute atomic E-state index is 0. The average molecular weight is 247 g/mol. The van der Waals surface area contributed by atoms with Crippen LogP contribution in [-0.2, 0) is 10.4 Å². The van der Waals surface area contributed by atoms with E-state index >= 15 is 0 Å². The van der Waals surface area contributed by atoms with Gasteiger partial charge in [0.1, 0.15) is 0 Å². The summed E-state index contributed by atoms with van der Waals surface area (Å²) in [5.74, 6) is 0. The molecular formula is C8H18NNaO4S. The average Bonchev–Trinajstić information content (AvgIpc) is 2.01. The molecule has 5 nitrogen and oxygen atoms in total. The quantitative estimate of drug-likeness (QED) is 0.245. The van der Waals surface area contributed by atoms with Gasteiger partial charge in [0.25, 0.3) is 0 Å². The van der Waals surface area contributed by atoms with Crippen LogP contribution in [0.3, 0.4) is 0 Å². The van der Waals surface area contributed by atoms with Crippen molar-refractivity contribution in [2.45, 2.75) is 32.6 Å². The Hall–Kier alpha value is 0.280. The molecule has 0 bridgehead atoms. The van der Waals surface area contributed by atoms with E-state index in [0.29, 0.717) is 0 Å². The van der Waals surface area contributed by atoms with Crippen LogP contribution in [0.15, 0.2) is 11.8 Å². The van der Waals surface area contributed by atoms with E-state index in [1.165, 1.54) is 19.3 Å². The number of rotatable bonds is 4. The maximum Gasteiger partial charge on any atom is 1.00 e. The molecule has 0 aromatic carbocycles. The number of hydrogen-bond donors (Lipinski definition) is 3. The maximum absolute atomic E-state index is 8.74. The van der Waals surface area contributed by atoms with Crippen molar-refractivity contribution in [2.24, 2.45) is 5.73 Å². The monoisotopic (exact) mass is 247 g/mol. The van der Waals surface area contributed by atoms with Gasteiger partial charge in [0.05, 0.1) is 0 Å². The molecule has 0 atom stereocenters. The molecule has 7 heteroatoms. The first-order valence-electron chi connectivity index (χ1n) is 4.24. The third kappa shape index (κ3) is 40.6. The maximum atomic E-state index is 8.74. The van der Waals surface area contributed by atoms with E-state index in [1.807, 2.05) is 0 Å². The molecule has 0 spiro atoms. The summed E-state index contributed by atoms with van der Waals surface area (Å²) in [6.45, 7) is 5.76. The van der Waals surface area contributed by atoms with Crippen molar-refractivity contribution < 1.29 is 47.1 Å². The van der Waals surface area contributed by atoms with Crippen LogP contribution in [0.5, 0.6) is 0 Å². The Kier molecular flexibility index (Phi) is 17.0. The molecule has 0 aliphatic rings. The molecule has 0 radical (unpaired) electrons. The van der Waals surface area contributed by atoms with E-state index < -0.39 is 10.4 Å². The molecule has 0 fully saturated rings. The molecule has 0 aromatic heterocycles. The standard InChI is InChI=1S/C8H16N.Na.H2O4S/c1-3-5-6-7-8(9)4-2;;1-5(2,3)4/h4H,2-3,5-7,9H2,1H3;;(H2,1,2,3,4)/q-1;+1;. The Bertz CT molecular complexity index is 243. The van der Waals surface area contributed by atoms with Crippen LogP contribution in [-0.4, -0.2) is 17.5 Å². The Morgan fingerprint density at radius 2 is 1.80 bits per heavy atom. The van der Waals surface area contributed by atoms with Gasteiger partial charge < -0.3 is 5.73 Å². The summed E-state index contributed by atoms with van der Waals surface area (Å²) in [6, 6.07) is 0. The predicted octanol–water partition coefficient (Wildman–Crippen LogP) is -1.41. The fraction of sp³-hybridized carbons (Fsp3) is 0.625. The zero-order chi connectivity index (χ0) is 11.6. The molecular weight excluding hydrogens is 229 g/mol. The number of nitrogens with two attached hydrogens (primary N) is 1. The van der Waals surface area contributed by atoms with Gasteiger partial charge in [-0.2, -0.15) is 8.42 Å². The van der Waals surface area contributed by atoms with E-state index in [0.717, 1.165) is 12.1 Å². The van der Waals surface area contributed by atoms with Gasteiger partial charge in [0.15, 0.2) is 0 Å². The molecule has 0 aliphatic heterocycles. The van der Waals surface area contributed by atoms with Gasteiger partial charge >= 0.3 is 40.0 Å². The molecule has 15 heavy (non-hydrogen) atoms. The minimum atomic E-state index is -4.67. The second-order valence-electron chi connectivity index (χ2n) is 2.68. The predicted molar refractivity (Wildman–Crippen MR) is 55.9 cm³/mol. The van der Waals surface area contributed by atoms with Crippen molar-refractivity contribution >= 4 is 10.4 Å². The van der Waals surface area contributed by atoms with Gasteiger partial charge in [0.2, 0.25) is 0 Å². The van der Waals surface area contributed by atoms with Gasteiger partial charge in [-0.1, -0.05) is 32.6 Å². The van der Waals surface area contributed by atoms with Crippen molar-refractivity contribution in [3.63, 3.8) is 0 Å². The van der Waals surface area contributed by atoms with Crippen molar-refractivity contribution in [1.29, 1.82) is 0 Å². The molecule has 0 aliphatic carbocycles. The molecule has 0 unspecified atom stereocenters. The molecule has 0 heterocycles. The topological polar surface area (TPSA) is 101 Å². The van der Waals surface area contributed by atoms with Crippen LogP contribution in [0.25, 0.3) is 0 Å². The number of allylic oxidation sites excluding steroid dienone is 2. The van der Waals surface area contributed by atoms with Crippen molar-refractivity contribution in [3.8, 4) is 0 Å². The Balaban J connectivity index is -0.000000208. The summed E-state index contributed by atoms with van der Waals surface area (Å²) < 4.78 is 31.6. The summed E-state index contributed by atoms with van der Waals surface area (Å²) in [7, 11) is -4.67. The van der Waals surface area contributed by atoms with Gasteiger partial charge in [-0.3, -0.25) is 9.11 Å². The Morgan fingerprint density at radius 1 is 1.40 bits per heavy atom. The van der Waals surface area contributed by atoms with Gasteiger partial charge in [-0.05, 0) is 0 Å². The summed E-state index contributed by atoms with van der Waals surface area (Å²) in [5, 5.41) is 0. The summed E-state index contributed by atoms with van der Waals surface area (Å²) >= 11 is 0. The van der Waals surface area contributed by atoms with Gasteiger partial charge in [-0.15, -0.1) is 5.70 Å². The fourth-order valence-corrected chi connectivity index (χ4v) is 0.681. The zero-order valence-electron chi connectivity index (χ0n) is 9.31. The van der Waals surface area contributed by atoms with Crippen molar-refractivity contribution in [1.82, 2.24) is 0 Å². The fourth-order valence-electron chi connectivity index (χ4n) is 0.681. The molecule has 0 amide bonds. The van der Waals surface area contributed by atoms with E-state index in [2.05, 4.69) is 13.8 Å². The Morgan fingerprint density at radius 3 is 2.07 bits per heavy atom. The molecule has 0 saturated carbocycles. The van der Waals surface area contributed by atoms with Crippen molar-refractivity contribution in [3.05, 3.63) is 18.7 Å². The van der Waals surface area contributed by atoms with Crippen molar-refractivity contribution in [2.75, 3.05) is 0 Å². The summed E-state index contributed by atoms with van der Waals surface area (Å²) in [4.78, 5) is 0. The van der Waals surface area contributed by atoms with Crippen LogP contribution in [0.1, 0.15) is 32.6 Å². The largest absolute Gasteiger partial charge is 1.00 e. The third-order valence-electron chi connectivity index (χ3n) is 1.33. The molecule has 0 saturated heterocycles. The first kappa shape index (κ1) is 20.7. The molecule has 86 valence electrons. The van der Waals surface area contributed by atoms with E-state index in [9.17, 15) is 0 Å². The summed E-state index contributed by atoms with van der Waals surface area (Å²) in [5.41, 5.74) is 6.43. The smallest absolute Gasteiger partial charge is 0.478 e. The summed E-state index contributed by atoms with van der Waals surface area (Å²) in [6.07, 6.45) is 6.47. The van der Waals surface area contributed by atoms with Gasteiger partial charge in [0, 0.05) is 0 Å². The first-order chi connectivity index (χ1) is 6.31. The van der Waals surface area contributed by atoms with Crippen LogP contribution < -0.4 is 35.3 Å². The van der Waals surface area contributed by atoms with Crippen LogP contribution >= 0.6 is 0 Å². The number of unbranched alkanes of at least 4 members (excludes halogenated alkanes) is 2. The van der Waals surface area contributed by atoms with Crippen LogP contribution in [0.4, 0.5) is 0 Å². The van der Waals surface area contributed by atoms with E-state index in [-0.39, 0.29) is 29.6 Å². The Labute approximate surface area is 114 Å². The molecule has 0 rings (SSSR count). The normalized spacial score (nSPS) is 11.0. The second-order valence-corrected chi connectivity index (χ2v) is 3.58. The zero-order valence-corrected chi connectivity index (χ0v) is 12.1. The minimum Gasteiger partial charge on any atom is -0.478 e. The third-order valence-corrected chi connectivity index (χ3v) is 1.33. The number of hydrogen-bond acceptors (Lipinski definition) is 3. The second kappa shape index (κ2) is 12.4. The van der Waals surface area contributed by atoms with E-state index in [4.69, 9.17) is 23.3 Å². The first-order valence-corrected chi connectivity index (χ1v) is 5.64.